The van der Waals surface area contributed by atoms with Gasteiger partial charge in [-0.3, -0.25) is 4.90 Å². The Balaban J connectivity index is 2.64. The monoisotopic (exact) mass is 224 g/mol. The second kappa shape index (κ2) is 3.94. The number of alkyl halides is 3. The molecule has 0 aromatic rings. The van der Waals surface area contributed by atoms with E-state index in [1.165, 1.54) is 0 Å². The Bertz CT molecular complexity index is 220. The van der Waals surface area contributed by atoms with E-state index in [0.717, 1.165) is 0 Å². The summed E-state index contributed by atoms with van der Waals surface area (Å²) in [6.07, 6.45) is -4.18. The van der Waals surface area contributed by atoms with Crippen molar-refractivity contribution in [1.29, 1.82) is 0 Å². The van der Waals surface area contributed by atoms with Crippen molar-refractivity contribution in [2.75, 3.05) is 19.6 Å². The number of rotatable bonds is 0. The van der Waals surface area contributed by atoms with Crippen LogP contribution in [0.4, 0.5) is 13.2 Å². The van der Waals surface area contributed by atoms with Gasteiger partial charge in [0.2, 0.25) is 0 Å². The number of piperazine rings is 1. The minimum atomic E-state index is -4.18. The van der Waals surface area contributed by atoms with Gasteiger partial charge in [-0.15, -0.1) is 0 Å². The standard InChI is InChI=1S/C10H19F3N2/c1-8-7-14(10(11,12)13)5-6-15(8)9(2,3)4/h8H,5-7H2,1-4H3. The summed E-state index contributed by atoms with van der Waals surface area (Å²) in [5.41, 5.74) is -0.0584. The first-order valence-corrected chi connectivity index (χ1v) is 5.21. The lowest BCUT2D eigenvalue weighted by Crippen LogP contribution is -2.60. The maximum atomic E-state index is 12.4. The van der Waals surface area contributed by atoms with Gasteiger partial charge < -0.3 is 0 Å². The van der Waals surface area contributed by atoms with Crippen molar-refractivity contribution in [1.82, 2.24) is 9.80 Å². The van der Waals surface area contributed by atoms with E-state index in [-0.39, 0.29) is 24.7 Å². The average Bonchev–Trinajstić information content (AvgIpc) is 1.99. The maximum absolute atomic E-state index is 12.4. The van der Waals surface area contributed by atoms with E-state index in [1.54, 1.807) is 0 Å². The molecular formula is C10H19F3N2. The third-order valence-corrected chi connectivity index (χ3v) is 2.85. The molecule has 0 amide bonds. The quantitative estimate of drug-likeness (QED) is 0.583. The van der Waals surface area contributed by atoms with Crippen molar-refractivity contribution < 1.29 is 13.2 Å². The number of hydrogen-bond donors (Lipinski definition) is 0. The summed E-state index contributed by atoms with van der Waals surface area (Å²) < 4.78 is 37.3. The minimum Gasteiger partial charge on any atom is -0.293 e. The molecule has 5 heteroatoms. The fraction of sp³-hybridized carbons (Fsp3) is 1.00. The molecule has 1 aliphatic heterocycles. The molecule has 1 aliphatic rings. The molecule has 1 saturated heterocycles. The molecule has 0 saturated carbocycles. The Labute approximate surface area is 89.0 Å². The predicted octanol–water partition coefficient (Wildman–Crippen LogP) is 2.31. The van der Waals surface area contributed by atoms with Crippen LogP contribution >= 0.6 is 0 Å². The zero-order chi connectivity index (χ0) is 11.9. The van der Waals surface area contributed by atoms with Gasteiger partial charge in [0.05, 0.1) is 0 Å². The van der Waals surface area contributed by atoms with Gasteiger partial charge in [0.25, 0.3) is 0 Å². The molecule has 0 aromatic carbocycles. The van der Waals surface area contributed by atoms with Crippen LogP contribution in [-0.4, -0.2) is 47.3 Å². The Morgan fingerprint density at radius 2 is 1.60 bits per heavy atom. The van der Waals surface area contributed by atoms with E-state index >= 15 is 0 Å². The molecule has 1 fully saturated rings. The third kappa shape index (κ3) is 3.08. The lowest BCUT2D eigenvalue weighted by atomic mass is 10.0. The number of halogens is 3. The fourth-order valence-corrected chi connectivity index (χ4v) is 2.18. The van der Waals surface area contributed by atoms with E-state index in [2.05, 4.69) is 4.90 Å². The van der Waals surface area contributed by atoms with Gasteiger partial charge >= 0.3 is 6.30 Å². The normalized spacial score (nSPS) is 27.0. The summed E-state index contributed by atoms with van der Waals surface area (Å²) in [4.78, 5) is 2.72. The van der Waals surface area contributed by atoms with E-state index in [0.29, 0.717) is 11.4 Å². The molecule has 0 spiro atoms. The summed E-state index contributed by atoms with van der Waals surface area (Å²) in [5.74, 6) is 0. The van der Waals surface area contributed by atoms with Crippen LogP contribution in [0, 0.1) is 0 Å². The Morgan fingerprint density at radius 3 is 1.93 bits per heavy atom. The topological polar surface area (TPSA) is 6.48 Å². The highest BCUT2D eigenvalue weighted by Gasteiger charge is 2.42. The zero-order valence-electron chi connectivity index (χ0n) is 9.73. The molecule has 15 heavy (non-hydrogen) atoms. The van der Waals surface area contributed by atoms with E-state index in [4.69, 9.17) is 0 Å². The highest BCUT2D eigenvalue weighted by Crippen LogP contribution is 2.27. The van der Waals surface area contributed by atoms with E-state index in [1.807, 2.05) is 27.7 Å². The van der Waals surface area contributed by atoms with Gasteiger partial charge in [-0.25, -0.2) is 4.90 Å². The van der Waals surface area contributed by atoms with Crippen molar-refractivity contribution in [2.45, 2.75) is 45.6 Å². The molecule has 0 N–H and O–H groups in total. The fourth-order valence-electron chi connectivity index (χ4n) is 2.18. The van der Waals surface area contributed by atoms with Gasteiger partial charge in [-0.1, -0.05) is 0 Å². The van der Waals surface area contributed by atoms with Crippen LogP contribution in [0.2, 0.25) is 0 Å². The summed E-state index contributed by atoms with van der Waals surface area (Å²) >= 11 is 0. The van der Waals surface area contributed by atoms with Gasteiger partial charge in [0.15, 0.2) is 0 Å². The Hall–Kier alpha value is -0.290. The lowest BCUT2D eigenvalue weighted by Gasteiger charge is -2.46. The zero-order valence-corrected chi connectivity index (χ0v) is 9.73. The Morgan fingerprint density at radius 1 is 1.07 bits per heavy atom. The first kappa shape index (κ1) is 12.8. The van der Waals surface area contributed by atoms with Crippen molar-refractivity contribution in [2.24, 2.45) is 0 Å². The van der Waals surface area contributed by atoms with Crippen LogP contribution in [0.25, 0.3) is 0 Å². The van der Waals surface area contributed by atoms with Crippen LogP contribution in [0.15, 0.2) is 0 Å². The SMILES string of the molecule is CC1CN(C(F)(F)F)CCN1C(C)(C)C. The van der Waals surface area contributed by atoms with Crippen LogP contribution in [-0.2, 0) is 0 Å². The molecular weight excluding hydrogens is 205 g/mol. The van der Waals surface area contributed by atoms with Gasteiger partial charge in [0, 0.05) is 31.2 Å². The van der Waals surface area contributed by atoms with E-state index < -0.39 is 6.30 Å². The van der Waals surface area contributed by atoms with Crippen molar-refractivity contribution in [3.8, 4) is 0 Å². The van der Waals surface area contributed by atoms with Crippen molar-refractivity contribution >= 4 is 0 Å². The smallest absolute Gasteiger partial charge is 0.293 e. The van der Waals surface area contributed by atoms with Gasteiger partial charge in [0.1, 0.15) is 0 Å². The molecule has 1 rings (SSSR count). The predicted molar refractivity (Wildman–Crippen MR) is 53.5 cm³/mol. The molecule has 0 aliphatic carbocycles. The molecule has 2 nitrogen and oxygen atoms in total. The minimum absolute atomic E-state index is 0.0552. The summed E-state index contributed by atoms with van der Waals surface area (Å²) in [6, 6.07) is -0.0552. The van der Waals surface area contributed by atoms with E-state index in [9.17, 15) is 13.2 Å². The largest absolute Gasteiger partial charge is 0.460 e. The first-order chi connectivity index (χ1) is 6.62. The van der Waals surface area contributed by atoms with Gasteiger partial charge in [-0.05, 0) is 27.7 Å². The molecule has 0 bridgehead atoms. The number of nitrogens with zero attached hydrogens (tertiary/aromatic N) is 2. The third-order valence-electron chi connectivity index (χ3n) is 2.85. The lowest BCUT2D eigenvalue weighted by molar-refractivity contribution is -0.259. The van der Waals surface area contributed by atoms with Crippen LogP contribution in [0.1, 0.15) is 27.7 Å². The molecule has 0 aromatic heterocycles. The highest BCUT2D eigenvalue weighted by atomic mass is 19.4. The Kier molecular flexibility index (Phi) is 3.36. The first-order valence-electron chi connectivity index (χ1n) is 5.21. The summed E-state index contributed by atoms with van der Waals surface area (Å²) in [7, 11) is 0. The molecule has 1 atom stereocenters. The van der Waals surface area contributed by atoms with Crippen LogP contribution < -0.4 is 0 Å². The summed E-state index contributed by atoms with van der Waals surface area (Å²) in [5, 5.41) is 0. The average molecular weight is 224 g/mol. The second-order valence-electron chi connectivity index (χ2n) is 5.13. The van der Waals surface area contributed by atoms with Crippen LogP contribution in [0.3, 0.4) is 0 Å². The van der Waals surface area contributed by atoms with Crippen molar-refractivity contribution in [3.05, 3.63) is 0 Å². The molecule has 1 unspecified atom stereocenters. The maximum Gasteiger partial charge on any atom is 0.460 e. The molecule has 90 valence electrons. The van der Waals surface area contributed by atoms with Gasteiger partial charge in [-0.2, -0.15) is 13.2 Å². The second-order valence-corrected chi connectivity index (χ2v) is 5.13. The molecule has 1 heterocycles. The number of hydrogen-bond acceptors (Lipinski definition) is 2. The summed E-state index contributed by atoms with van der Waals surface area (Å²) in [6.45, 7) is 8.57. The molecule has 0 radical (unpaired) electrons. The highest BCUT2D eigenvalue weighted by molar-refractivity contribution is 4.87. The van der Waals surface area contributed by atoms with Crippen molar-refractivity contribution in [3.63, 3.8) is 0 Å². The van der Waals surface area contributed by atoms with Crippen LogP contribution in [0.5, 0.6) is 0 Å².